The molecule has 2 fully saturated rings. The third kappa shape index (κ3) is 2.97. The van der Waals surface area contributed by atoms with Gasteiger partial charge < -0.3 is 10.2 Å². The van der Waals surface area contributed by atoms with E-state index in [9.17, 15) is 18.0 Å². The topological polar surface area (TPSA) is 32.3 Å². The van der Waals surface area contributed by atoms with Crippen LogP contribution in [0.2, 0.25) is 0 Å². The van der Waals surface area contributed by atoms with E-state index < -0.39 is 17.6 Å². The van der Waals surface area contributed by atoms with Gasteiger partial charge in [0.25, 0.3) is 5.91 Å². The molecule has 3 rings (SSSR count). The third-order valence-electron chi connectivity index (χ3n) is 4.84. The molecule has 2 aliphatic rings. The van der Waals surface area contributed by atoms with Crippen molar-refractivity contribution in [3.8, 4) is 0 Å². The lowest BCUT2D eigenvalue weighted by atomic mass is 10.1. The number of likely N-dealkylation sites (tertiary alicyclic amines) is 1. The van der Waals surface area contributed by atoms with E-state index >= 15 is 0 Å². The minimum atomic E-state index is -4.42. The van der Waals surface area contributed by atoms with Crippen molar-refractivity contribution in [3.05, 3.63) is 35.4 Å². The smallest absolute Gasteiger partial charge is 0.352 e. The molecule has 1 amide bonds. The number of carbonyl (C=O) groups excluding carboxylic acids is 1. The van der Waals surface area contributed by atoms with Gasteiger partial charge in [0.2, 0.25) is 0 Å². The molecular formula is C16H19F3N2O. The van der Waals surface area contributed by atoms with Gasteiger partial charge in [-0.05, 0) is 42.5 Å². The lowest BCUT2D eigenvalue weighted by Gasteiger charge is -2.17. The number of hydrogen-bond donors (Lipinski definition) is 1. The van der Waals surface area contributed by atoms with Gasteiger partial charge in [-0.2, -0.15) is 13.2 Å². The van der Waals surface area contributed by atoms with Crippen LogP contribution in [-0.4, -0.2) is 37.0 Å². The molecule has 2 unspecified atom stereocenters. The van der Waals surface area contributed by atoms with Crippen LogP contribution in [-0.2, 0) is 6.18 Å². The molecule has 22 heavy (non-hydrogen) atoms. The first kappa shape index (κ1) is 15.3. The van der Waals surface area contributed by atoms with Crippen LogP contribution < -0.4 is 5.32 Å². The molecule has 3 nitrogen and oxygen atoms in total. The molecule has 6 heteroatoms. The summed E-state index contributed by atoms with van der Waals surface area (Å²) in [7, 11) is 0. The number of alkyl halides is 3. The number of piperidine rings is 1. The molecule has 1 aromatic rings. The van der Waals surface area contributed by atoms with Crippen LogP contribution in [0.25, 0.3) is 0 Å². The van der Waals surface area contributed by atoms with Crippen LogP contribution >= 0.6 is 0 Å². The number of halogens is 3. The minimum absolute atomic E-state index is 0.0656. The largest absolute Gasteiger partial charge is 0.416 e. The summed E-state index contributed by atoms with van der Waals surface area (Å²) in [6.07, 6.45) is -4.42. The zero-order chi connectivity index (χ0) is 15.9. The molecule has 0 aromatic heterocycles. The van der Waals surface area contributed by atoms with E-state index in [0.717, 1.165) is 31.8 Å². The maximum Gasteiger partial charge on any atom is 0.416 e. The van der Waals surface area contributed by atoms with Gasteiger partial charge in [0.15, 0.2) is 0 Å². The number of nitrogens with zero attached hydrogens (tertiary/aromatic N) is 1. The molecule has 0 radical (unpaired) electrons. The average Bonchev–Trinajstić information content (AvgIpc) is 2.94. The highest BCUT2D eigenvalue weighted by molar-refractivity contribution is 5.94. The van der Waals surface area contributed by atoms with Crippen molar-refractivity contribution in [2.75, 3.05) is 26.2 Å². The van der Waals surface area contributed by atoms with Gasteiger partial charge in [0, 0.05) is 25.2 Å². The van der Waals surface area contributed by atoms with E-state index in [1.165, 1.54) is 12.1 Å². The number of nitrogens with one attached hydrogen (secondary N) is 1. The second kappa shape index (κ2) is 5.57. The zero-order valence-corrected chi connectivity index (χ0v) is 12.4. The molecule has 1 aliphatic heterocycles. The normalized spacial score (nSPS) is 27.5. The van der Waals surface area contributed by atoms with Gasteiger partial charge in [-0.1, -0.05) is 13.0 Å². The quantitative estimate of drug-likeness (QED) is 0.927. The Hall–Kier alpha value is -1.56. The fourth-order valence-corrected chi connectivity index (χ4v) is 3.45. The summed E-state index contributed by atoms with van der Waals surface area (Å²) in [5, 5.41) is 2.78. The fourth-order valence-electron chi connectivity index (χ4n) is 3.45. The number of carbonyl (C=O) groups is 1. The van der Waals surface area contributed by atoms with E-state index in [4.69, 9.17) is 0 Å². The molecule has 1 aliphatic carbocycles. The summed E-state index contributed by atoms with van der Waals surface area (Å²) in [6.45, 7) is 5.89. The first-order valence-corrected chi connectivity index (χ1v) is 7.58. The Morgan fingerprint density at radius 3 is 2.59 bits per heavy atom. The van der Waals surface area contributed by atoms with Crippen molar-refractivity contribution < 1.29 is 18.0 Å². The van der Waals surface area contributed by atoms with Crippen LogP contribution in [0.3, 0.4) is 0 Å². The summed E-state index contributed by atoms with van der Waals surface area (Å²) in [6, 6.07) is 4.56. The standard InChI is InChI=1S/C16H19F3N2O/c1-2-21-8-13-12(14(13)9-21)7-20-15(22)10-4-3-5-11(6-10)16(17,18)19/h3-6,12-14H,2,7-9H2,1H3,(H,20,22). The maximum atomic E-state index is 12.6. The molecule has 1 aromatic carbocycles. The lowest BCUT2D eigenvalue weighted by Crippen LogP contribution is -2.30. The monoisotopic (exact) mass is 312 g/mol. The highest BCUT2D eigenvalue weighted by Crippen LogP contribution is 2.51. The van der Waals surface area contributed by atoms with E-state index in [1.54, 1.807) is 0 Å². The number of rotatable bonds is 4. The molecule has 1 N–H and O–H groups in total. The van der Waals surface area contributed by atoms with E-state index in [1.807, 2.05) is 0 Å². The third-order valence-corrected chi connectivity index (χ3v) is 4.84. The Bertz CT molecular complexity index is 561. The van der Waals surface area contributed by atoms with E-state index in [0.29, 0.717) is 24.3 Å². The summed E-state index contributed by atoms with van der Waals surface area (Å²) in [5.74, 6) is 1.34. The highest BCUT2D eigenvalue weighted by Gasteiger charge is 2.54. The van der Waals surface area contributed by atoms with E-state index in [2.05, 4.69) is 17.1 Å². The van der Waals surface area contributed by atoms with Crippen LogP contribution in [0.4, 0.5) is 13.2 Å². The number of fused-ring (bicyclic) bond motifs is 1. The summed E-state index contributed by atoms with van der Waals surface area (Å²) in [5.41, 5.74) is -0.724. The Morgan fingerprint density at radius 1 is 1.32 bits per heavy atom. The van der Waals surface area contributed by atoms with Crippen LogP contribution in [0.1, 0.15) is 22.8 Å². The first-order chi connectivity index (χ1) is 10.4. The van der Waals surface area contributed by atoms with Crippen molar-refractivity contribution in [3.63, 3.8) is 0 Å². The predicted octanol–water partition coefficient (Wildman–Crippen LogP) is 2.63. The lowest BCUT2D eigenvalue weighted by molar-refractivity contribution is -0.137. The molecule has 1 saturated heterocycles. The van der Waals surface area contributed by atoms with E-state index in [-0.39, 0.29) is 5.56 Å². The Labute approximate surface area is 127 Å². The van der Waals surface area contributed by atoms with Gasteiger partial charge in [0.05, 0.1) is 5.56 Å². The average molecular weight is 312 g/mol. The highest BCUT2D eigenvalue weighted by atomic mass is 19.4. The van der Waals surface area contributed by atoms with Crippen molar-refractivity contribution in [1.82, 2.24) is 10.2 Å². The van der Waals surface area contributed by atoms with Crippen molar-refractivity contribution in [1.29, 1.82) is 0 Å². The molecule has 120 valence electrons. The summed E-state index contributed by atoms with van der Waals surface area (Å²) >= 11 is 0. The minimum Gasteiger partial charge on any atom is -0.352 e. The van der Waals surface area contributed by atoms with Gasteiger partial charge in [0.1, 0.15) is 0 Å². The molecule has 0 bridgehead atoms. The number of hydrogen-bond acceptors (Lipinski definition) is 2. The SMILES string of the molecule is CCN1CC2C(CNC(=O)c3cccc(C(F)(F)F)c3)C2C1. The molecule has 1 saturated carbocycles. The van der Waals surface area contributed by atoms with Crippen LogP contribution in [0.15, 0.2) is 24.3 Å². The van der Waals surface area contributed by atoms with Gasteiger partial charge in [-0.3, -0.25) is 4.79 Å². The predicted molar refractivity (Wildman–Crippen MR) is 76.4 cm³/mol. The van der Waals surface area contributed by atoms with Crippen LogP contribution in [0.5, 0.6) is 0 Å². The molecule has 0 spiro atoms. The van der Waals surface area contributed by atoms with Crippen LogP contribution in [0, 0.1) is 17.8 Å². The van der Waals surface area contributed by atoms with Gasteiger partial charge in [-0.25, -0.2) is 0 Å². The summed E-state index contributed by atoms with van der Waals surface area (Å²) < 4.78 is 37.9. The Kier molecular flexibility index (Phi) is 3.89. The molecule has 1 heterocycles. The zero-order valence-electron chi connectivity index (χ0n) is 12.4. The molecule has 2 atom stereocenters. The number of amides is 1. The van der Waals surface area contributed by atoms with Gasteiger partial charge in [-0.15, -0.1) is 0 Å². The fraction of sp³-hybridized carbons (Fsp3) is 0.562. The number of benzene rings is 1. The Morgan fingerprint density at radius 2 is 2.00 bits per heavy atom. The second-order valence-electron chi connectivity index (χ2n) is 6.13. The molecular weight excluding hydrogens is 293 g/mol. The van der Waals surface area contributed by atoms with Crippen molar-refractivity contribution >= 4 is 5.91 Å². The Balaban J connectivity index is 1.54. The first-order valence-electron chi connectivity index (χ1n) is 7.58. The van der Waals surface area contributed by atoms with Crippen molar-refractivity contribution in [2.45, 2.75) is 13.1 Å². The second-order valence-corrected chi connectivity index (χ2v) is 6.13. The van der Waals surface area contributed by atoms with Crippen molar-refractivity contribution in [2.24, 2.45) is 17.8 Å². The summed E-state index contributed by atoms with van der Waals surface area (Å²) in [4.78, 5) is 14.4. The maximum absolute atomic E-state index is 12.6. The van der Waals surface area contributed by atoms with Gasteiger partial charge >= 0.3 is 6.18 Å².